The average Bonchev–Trinajstić information content (AvgIpc) is 2.56. The summed E-state index contributed by atoms with van der Waals surface area (Å²) in [5.74, 6) is -0.479. The van der Waals surface area contributed by atoms with E-state index in [4.69, 9.17) is 10.2 Å². The van der Waals surface area contributed by atoms with Crippen LogP contribution in [0.3, 0.4) is 0 Å². The highest BCUT2D eigenvalue weighted by molar-refractivity contribution is 5.88. The molecule has 1 amide bonds. The Labute approximate surface area is 154 Å². The van der Waals surface area contributed by atoms with Crippen LogP contribution in [0.15, 0.2) is 48.5 Å². The Morgan fingerprint density at radius 3 is 1.92 bits per heavy atom. The molecular formula is C21H27NO4. The molecule has 0 aromatic heterocycles. The SMILES string of the molecule is CC(=O)Nc1ccc(O)cc1.CC(C)Cc1ccc(C(C)C(=O)O)cc1. The van der Waals surface area contributed by atoms with Crippen LogP contribution >= 0.6 is 0 Å². The molecule has 0 heterocycles. The van der Waals surface area contributed by atoms with Crippen molar-refractivity contribution in [3.05, 3.63) is 59.7 Å². The fraction of sp³-hybridized carbons (Fsp3) is 0.333. The van der Waals surface area contributed by atoms with Gasteiger partial charge in [-0.3, -0.25) is 9.59 Å². The summed E-state index contributed by atoms with van der Waals surface area (Å²) < 4.78 is 0. The number of hydrogen-bond acceptors (Lipinski definition) is 3. The standard InChI is InChI=1S/C13H18O2.C8H9NO2/c1-9(2)8-11-4-6-12(7-5-11)10(3)13(14)15;1-6(10)9-7-2-4-8(11)5-3-7/h4-7,9-10H,8H2,1-3H3,(H,14,15);2-5,11H,1H3,(H,9,10). The van der Waals surface area contributed by atoms with E-state index in [-0.39, 0.29) is 11.7 Å². The van der Waals surface area contributed by atoms with Crippen LogP contribution in [-0.2, 0) is 16.0 Å². The van der Waals surface area contributed by atoms with Gasteiger partial charge in [0.15, 0.2) is 0 Å². The third-order valence-corrected chi connectivity index (χ3v) is 3.68. The number of aliphatic carboxylic acids is 1. The van der Waals surface area contributed by atoms with Crippen molar-refractivity contribution in [1.29, 1.82) is 0 Å². The quantitative estimate of drug-likeness (QED) is 0.691. The number of benzene rings is 2. The van der Waals surface area contributed by atoms with Gasteiger partial charge in [0, 0.05) is 12.6 Å². The van der Waals surface area contributed by atoms with Crippen LogP contribution in [-0.4, -0.2) is 22.1 Å². The summed E-state index contributed by atoms with van der Waals surface area (Å²) in [5.41, 5.74) is 2.83. The second-order valence-corrected chi connectivity index (χ2v) is 6.63. The molecule has 1 atom stereocenters. The zero-order chi connectivity index (χ0) is 19.7. The molecule has 0 aliphatic heterocycles. The highest BCUT2D eigenvalue weighted by Crippen LogP contribution is 2.17. The molecule has 0 saturated carbocycles. The zero-order valence-corrected chi connectivity index (χ0v) is 15.7. The van der Waals surface area contributed by atoms with Crippen molar-refractivity contribution in [1.82, 2.24) is 0 Å². The Morgan fingerprint density at radius 1 is 0.962 bits per heavy atom. The molecule has 0 bridgehead atoms. The van der Waals surface area contributed by atoms with Crippen molar-refractivity contribution in [3.63, 3.8) is 0 Å². The Balaban J connectivity index is 0.000000273. The van der Waals surface area contributed by atoms with Gasteiger partial charge in [0.1, 0.15) is 5.75 Å². The number of nitrogens with one attached hydrogen (secondary N) is 1. The first-order valence-corrected chi connectivity index (χ1v) is 8.57. The van der Waals surface area contributed by atoms with E-state index in [0.29, 0.717) is 11.6 Å². The molecule has 1 unspecified atom stereocenters. The topological polar surface area (TPSA) is 86.6 Å². The van der Waals surface area contributed by atoms with E-state index < -0.39 is 11.9 Å². The lowest BCUT2D eigenvalue weighted by molar-refractivity contribution is -0.138. The summed E-state index contributed by atoms with van der Waals surface area (Å²) >= 11 is 0. The van der Waals surface area contributed by atoms with E-state index >= 15 is 0 Å². The van der Waals surface area contributed by atoms with Gasteiger partial charge in [0.2, 0.25) is 5.91 Å². The second kappa shape index (κ2) is 10.2. The Kier molecular flexibility index (Phi) is 8.35. The number of rotatable bonds is 5. The summed E-state index contributed by atoms with van der Waals surface area (Å²) in [4.78, 5) is 21.3. The van der Waals surface area contributed by atoms with E-state index in [1.807, 2.05) is 24.3 Å². The van der Waals surface area contributed by atoms with Crippen molar-refractivity contribution < 1.29 is 19.8 Å². The fourth-order valence-electron chi connectivity index (χ4n) is 2.30. The molecule has 2 aromatic carbocycles. The summed E-state index contributed by atoms with van der Waals surface area (Å²) in [7, 11) is 0. The number of phenols is 1. The first-order valence-electron chi connectivity index (χ1n) is 8.57. The van der Waals surface area contributed by atoms with Crippen LogP contribution in [0.4, 0.5) is 5.69 Å². The monoisotopic (exact) mass is 357 g/mol. The molecule has 0 aliphatic carbocycles. The smallest absolute Gasteiger partial charge is 0.310 e. The molecule has 0 fully saturated rings. The summed E-state index contributed by atoms with van der Waals surface area (Å²) in [6.07, 6.45) is 1.04. The van der Waals surface area contributed by atoms with Gasteiger partial charge in [0.05, 0.1) is 5.92 Å². The highest BCUT2D eigenvalue weighted by atomic mass is 16.4. The minimum absolute atomic E-state index is 0.115. The molecule has 5 nitrogen and oxygen atoms in total. The number of carbonyl (C=O) groups is 2. The number of aromatic hydroxyl groups is 1. The number of phenolic OH excluding ortho intramolecular Hbond substituents is 1. The van der Waals surface area contributed by atoms with E-state index in [0.717, 1.165) is 12.0 Å². The van der Waals surface area contributed by atoms with E-state index in [1.165, 1.54) is 24.6 Å². The van der Waals surface area contributed by atoms with E-state index in [1.54, 1.807) is 19.1 Å². The summed E-state index contributed by atoms with van der Waals surface area (Å²) in [6, 6.07) is 14.2. The van der Waals surface area contributed by atoms with Gasteiger partial charge < -0.3 is 15.5 Å². The minimum Gasteiger partial charge on any atom is -0.508 e. The molecule has 0 saturated heterocycles. The molecule has 3 N–H and O–H groups in total. The van der Waals surface area contributed by atoms with Gasteiger partial charge in [-0.2, -0.15) is 0 Å². The molecule has 140 valence electrons. The molecule has 2 aromatic rings. The van der Waals surface area contributed by atoms with Gasteiger partial charge >= 0.3 is 5.97 Å². The van der Waals surface area contributed by atoms with E-state index in [9.17, 15) is 9.59 Å². The third-order valence-electron chi connectivity index (χ3n) is 3.68. The maximum absolute atomic E-state index is 10.8. The Hall–Kier alpha value is -2.82. The van der Waals surface area contributed by atoms with Crippen molar-refractivity contribution in [3.8, 4) is 5.75 Å². The first kappa shape index (κ1) is 21.2. The number of amides is 1. The Bertz CT molecular complexity index is 706. The summed E-state index contributed by atoms with van der Waals surface area (Å²) in [5, 5.41) is 20.3. The Morgan fingerprint density at radius 2 is 1.50 bits per heavy atom. The van der Waals surface area contributed by atoms with Crippen molar-refractivity contribution in [2.75, 3.05) is 5.32 Å². The van der Waals surface area contributed by atoms with Gasteiger partial charge in [-0.05, 0) is 54.7 Å². The van der Waals surface area contributed by atoms with Crippen LogP contribution < -0.4 is 5.32 Å². The predicted octanol–water partition coefficient (Wildman–Crippen LogP) is 4.42. The molecule has 0 radical (unpaired) electrons. The lowest BCUT2D eigenvalue weighted by Gasteiger charge is -2.09. The lowest BCUT2D eigenvalue weighted by Crippen LogP contribution is -2.07. The van der Waals surface area contributed by atoms with Gasteiger partial charge in [-0.25, -0.2) is 0 Å². The number of carbonyl (C=O) groups excluding carboxylic acids is 1. The molecule has 26 heavy (non-hydrogen) atoms. The van der Waals surface area contributed by atoms with Crippen molar-refractivity contribution in [2.24, 2.45) is 5.92 Å². The van der Waals surface area contributed by atoms with Gasteiger partial charge in [0.25, 0.3) is 0 Å². The van der Waals surface area contributed by atoms with Gasteiger partial charge in [-0.15, -0.1) is 0 Å². The molecule has 5 heteroatoms. The second-order valence-electron chi connectivity index (χ2n) is 6.63. The fourth-order valence-corrected chi connectivity index (χ4v) is 2.30. The number of anilines is 1. The number of carboxylic acid groups (broad SMARTS) is 1. The molecule has 0 spiro atoms. The maximum atomic E-state index is 10.8. The largest absolute Gasteiger partial charge is 0.508 e. The van der Waals surface area contributed by atoms with E-state index in [2.05, 4.69) is 19.2 Å². The van der Waals surface area contributed by atoms with Crippen LogP contribution in [0.1, 0.15) is 44.7 Å². The molecular weight excluding hydrogens is 330 g/mol. The zero-order valence-electron chi connectivity index (χ0n) is 15.7. The van der Waals surface area contributed by atoms with Gasteiger partial charge in [-0.1, -0.05) is 38.1 Å². The normalized spacial score (nSPS) is 11.3. The van der Waals surface area contributed by atoms with Crippen LogP contribution in [0, 0.1) is 5.92 Å². The van der Waals surface area contributed by atoms with Crippen molar-refractivity contribution >= 4 is 17.6 Å². The molecule has 2 rings (SSSR count). The average molecular weight is 357 g/mol. The third kappa shape index (κ3) is 7.83. The van der Waals surface area contributed by atoms with Crippen LogP contribution in [0.25, 0.3) is 0 Å². The number of carboxylic acids is 1. The first-order chi connectivity index (χ1) is 12.2. The lowest BCUT2D eigenvalue weighted by atomic mass is 9.97. The van der Waals surface area contributed by atoms with Crippen LogP contribution in [0.5, 0.6) is 5.75 Å². The molecule has 0 aliphatic rings. The maximum Gasteiger partial charge on any atom is 0.310 e. The predicted molar refractivity (Wildman–Crippen MR) is 103 cm³/mol. The summed E-state index contributed by atoms with van der Waals surface area (Å²) in [6.45, 7) is 7.49. The minimum atomic E-state index is -0.772. The van der Waals surface area contributed by atoms with Crippen LogP contribution in [0.2, 0.25) is 0 Å². The highest BCUT2D eigenvalue weighted by Gasteiger charge is 2.12. The number of hydrogen-bond donors (Lipinski definition) is 3. The van der Waals surface area contributed by atoms with Crippen molar-refractivity contribution in [2.45, 2.75) is 40.0 Å².